The molecule has 0 aromatic heterocycles. The Hall–Kier alpha value is -0.120. The quantitative estimate of drug-likeness (QED) is 0.677. The van der Waals surface area contributed by atoms with Gasteiger partial charge in [0.15, 0.2) is 0 Å². The molecule has 0 atom stereocenters. The van der Waals surface area contributed by atoms with Gasteiger partial charge in [-0.2, -0.15) is 0 Å². The van der Waals surface area contributed by atoms with Crippen molar-refractivity contribution in [3.8, 4) is 0 Å². The topological polar surface area (TPSA) is 27.7 Å². The molecule has 0 N–H and O–H groups in total. The Morgan fingerprint density at radius 1 is 1.00 bits per heavy atom. The number of unbranched alkanes of at least 4 members (excludes halogenated alkanes) is 2. The second-order valence-corrected chi connectivity index (χ2v) is 5.52. The Balaban J connectivity index is 1.90. The molecule has 3 aliphatic rings. The molecule has 0 aromatic rings. The highest BCUT2D eigenvalue weighted by Crippen LogP contribution is 2.44. The zero-order chi connectivity index (χ0) is 11.6. The van der Waals surface area contributed by atoms with Crippen LogP contribution in [0.1, 0.15) is 46.5 Å². The molecule has 0 spiro atoms. The number of hydrogen-bond acceptors (Lipinski definition) is 3. The van der Waals surface area contributed by atoms with Gasteiger partial charge in [0, 0.05) is 11.8 Å². The minimum absolute atomic E-state index is 0.0898. The Morgan fingerprint density at radius 2 is 1.56 bits per heavy atom. The molecule has 3 rings (SSSR count). The number of hydrogen-bond donors (Lipinski definition) is 0. The van der Waals surface area contributed by atoms with E-state index in [0.29, 0.717) is 5.92 Å². The molecule has 0 radical (unpaired) electrons. The smallest absolute Gasteiger partial charge is 0.282 e. The zero-order valence-electron chi connectivity index (χ0n) is 10.8. The third-order valence-corrected chi connectivity index (χ3v) is 4.05. The van der Waals surface area contributed by atoms with Crippen LogP contribution in [0.4, 0.5) is 0 Å². The van der Waals surface area contributed by atoms with E-state index in [0.717, 1.165) is 32.7 Å². The van der Waals surface area contributed by atoms with Crippen molar-refractivity contribution in [2.45, 2.75) is 52.4 Å². The first-order chi connectivity index (χ1) is 7.63. The third kappa shape index (κ3) is 2.13. The fourth-order valence-corrected chi connectivity index (χ4v) is 2.32. The summed E-state index contributed by atoms with van der Waals surface area (Å²) in [6, 6.07) is 0. The van der Waals surface area contributed by atoms with Gasteiger partial charge in [0.25, 0.3) is 5.97 Å². The number of ether oxygens (including phenoxy) is 3. The van der Waals surface area contributed by atoms with E-state index in [1.165, 1.54) is 12.8 Å². The van der Waals surface area contributed by atoms with Crippen LogP contribution in [0, 0.1) is 11.3 Å². The maximum Gasteiger partial charge on any atom is 0.282 e. The second kappa shape index (κ2) is 4.63. The first-order valence-corrected chi connectivity index (χ1v) is 6.54. The average molecular weight is 228 g/mol. The molecule has 2 bridgehead atoms. The van der Waals surface area contributed by atoms with Crippen molar-refractivity contribution < 1.29 is 14.2 Å². The van der Waals surface area contributed by atoms with Crippen LogP contribution in [0.5, 0.6) is 0 Å². The van der Waals surface area contributed by atoms with E-state index in [9.17, 15) is 0 Å². The van der Waals surface area contributed by atoms with Gasteiger partial charge in [-0.15, -0.1) is 0 Å². The van der Waals surface area contributed by atoms with Crippen LogP contribution in [-0.4, -0.2) is 25.8 Å². The molecule has 3 nitrogen and oxygen atoms in total. The largest absolute Gasteiger partial charge is 0.327 e. The molecule has 3 fully saturated rings. The highest BCUT2D eigenvalue weighted by molar-refractivity contribution is 4.90. The van der Waals surface area contributed by atoms with Gasteiger partial charge < -0.3 is 14.2 Å². The van der Waals surface area contributed by atoms with Crippen LogP contribution in [0.2, 0.25) is 0 Å². The lowest BCUT2D eigenvalue weighted by atomic mass is 9.77. The Morgan fingerprint density at radius 3 is 2.00 bits per heavy atom. The standard InChI is InChI=1S/C13H24O3/c1-4-5-6-7-13-14-8-12(9-15-13,10-16-13)11(2)3/h11H,4-10H2,1-3H3. The lowest BCUT2D eigenvalue weighted by molar-refractivity contribution is -0.474. The summed E-state index contributed by atoms with van der Waals surface area (Å²) in [4.78, 5) is 0. The van der Waals surface area contributed by atoms with Gasteiger partial charge in [-0.1, -0.05) is 33.6 Å². The fourth-order valence-electron chi connectivity index (χ4n) is 2.32. The second-order valence-electron chi connectivity index (χ2n) is 5.52. The molecule has 0 saturated carbocycles. The lowest BCUT2D eigenvalue weighted by Gasteiger charge is -2.53. The predicted molar refractivity (Wildman–Crippen MR) is 62.0 cm³/mol. The molecule has 0 aliphatic carbocycles. The molecule has 0 amide bonds. The fraction of sp³-hybridized carbons (Fsp3) is 1.00. The van der Waals surface area contributed by atoms with Gasteiger partial charge >= 0.3 is 0 Å². The Labute approximate surface area is 98.4 Å². The monoisotopic (exact) mass is 228 g/mol. The SMILES string of the molecule is CCCCCC12OCC(C(C)C)(CO1)CO2. The predicted octanol–water partition coefficient (Wildman–Crippen LogP) is 2.94. The zero-order valence-corrected chi connectivity index (χ0v) is 10.8. The van der Waals surface area contributed by atoms with Crippen molar-refractivity contribution in [2.24, 2.45) is 11.3 Å². The van der Waals surface area contributed by atoms with E-state index in [1.807, 2.05) is 0 Å². The van der Waals surface area contributed by atoms with E-state index in [-0.39, 0.29) is 5.41 Å². The van der Waals surface area contributed by atoms with Crippen LogP contribution < -0.4 is 0 Å². The number of rotatable bonds is 5. The van der Waals surface area contributed by atoms with Crippen LogP contribution in [-0.2, 0) is 14.2 Å². The normalized spacial score (nSPS) is 38.2. The van der Waals surface area contributed by atoms with Gasteiger partial charge in [-0.05, 0) is 12.3 Å². The van der Waals surface area contributed by atoms with Crippen molar-refractivity contribution in [3.63, 3.8) is 0 Å². The lowest BCUT2D eigenvalue weighted by Crippen LogP contribution is -2.61. The third-order valence-electron chi connectivity index (χ3n) is 4.05. The van der Waals surface area contributed by atoms with Gasteiger partial charge in [-0.3, -0.25) is 0 Å². The van der Waals surface area contributed by atoms with E-state index in [1.54, 1.807) is 0 Å². The summed E-state index contributed by atoms with van der Waals surface area (Å²) in [7, 11) is 0. The average Bonchev–Trinajstić information content (AvgIpc) is 2.31. The maximum atomic E-state index is 5.83. The molecule has 0 aromatic carbocycles. The van der Waals surface area contributed by atoms with Gasteiger partial charge in [0.05, 0.1) is 19.8 Å². The van der Waals surface area contributed by atoms with Crippen LogP contribution in [0.3, 0.4) is 0 Å². The highest BCUT2D eigenvalue weighted by Gasteiger charge is 2.53. The van der Waals surface area contributed by atoms with E-state index >= 15 is 0 Å². The molecular formula is C13H24O3. The molecule has 3 aliphatic heterocycles. The van der Waals surface area contributed by atoms with Crippen molar-refractivity contribution in [1.29, 1.82) is 0 Å². The van der Waals surface area contributed by atoms with Crippen LogP contribution in [0.15, 0.2) is 0 Å². The summed E-state index contributed by atoms with van der Waals surface area (Å²) in [6.45, 7) is 8.99. The highest BCUT2D eigenvalue weighted by atomic mass is 16.9. The summed E-state index contributed by atoms with van der Waals surface area (Å²) < 4.78 is 17.5. The minimum Gasteiger partial charge on any atom is -0.327 e. The molecule has 3 heterocycles. The minimum atomic E-state index is -0.703. The molecule has 3 heteroatoms. The first kappa shape index (κ1) is 12.3. The molecule has 0 unspecified atom stereocenters. The van der Waals surface area contributed by atoms with Gasteiger partial charge in [0.1, 0.15) is 0 Å². The Kier molecular flexibility index (Phi) is 3.57. The summed E-state index contributed by atoms with van der Waals surface area (Å²) in [5.41, 5.74) is 0.0898. The summed E-state index contributed by atoms with van der Waals surface area (Å²) >= 11 is 0. The maximum absolute atomic E-state index is 5.83. The first-order valence-electron chi connectivity index (χ1n) is 6.54. The summed E-state index contributed by atoms with van der Waals surface area (Å²) in [5.74, 6) is -0.160. The summed E-state index contributed by atoms with van der Waals surface area (Å²) in [5, 5.41) is 0. The van der Waals surface area contributed by atoms with Crippen LogP contribution >= 0.6 is 0 Å². The Bertz CT molecular complexity index is 213. The van der Waals surface area contributed by atoms with E-state index < -0.39 is 5.97 Å². The molecule has 3 saturated heterocycles. The van der Waals surface area contributed by atoms with Gasteiger partial charge in [-0.25, -0.2) is 0 Å². The van der Waals surface area contributed by atoms with E-state index in [4.69, 9.17) is 14.2 Å². The molecule has 94 valence electrons. The van der Waals surface area contributed by atoms with E-state index in [2.05, 4.69) is 20.8 Å². The van der Waals surface area contributed by atoms with Crippen molar-refractivity contribution >= 4 is 0 Å². The molecule has 16 heavy (non-hydrogen) atoms. The van der Waals surface area contributed by atoms with Crippen LogP contribution in [0.25, 0.3) is 0 Å². The summed E-state index contributed by atoms with van der Waals surface area (Å²) in [6.07, 6.45) is 4.42. The van der Waals surface area contributed by atoms with Crippen molar-refractivity contribution in [1.82, 2.24) is 0 Å². The van der Waals surface area contributed by atoms with Crippen molar-refractivity contribution in [2.75, 3.05) is 19.8 Å². The van der Waals surface area contributed by atoms with Crippen molar-refractivity contribution in [3.05, 3.63) is 0 Å². The van der Waals surface area contributed by atoms with Gasteiger partial charge in [0.2, 0.25) is 0 Å². The molecular weight excluding hydrogens is 204 g/mol. The number of fused-ring (bicyclic) bond motifs is 3.